The van der Waals surface area contributed by atoms with Crippen molar-refractivity contribution in [1.29, 1.82) is 5.26 Å². The highest BCUT2D eigenvalue weighted by atomic mass is 19.1. The number of anilines is 1. The summed E-state index contributed by atoms with van der Waals surface area (Å²) in [6.07, 6.45) is 1.76. The van der Waals surface area contributed by atoms with E-state index in [0.717, 1.165) is 22.6 Å². The molecule has 0 spiro atoms. The number of halogens is 1. The molecule has 0 unspecified atom stereocenters. The van der Waals surface area contributed by atoms with Crippen LogP contribution < -0.4 is 5.32 Å². The van der Waals surface area contributed by atoms with Crippen molar-refractivity contribution >= 4 is 5.69 Å². The normalized spacial score (nSPS) is 10.3. The fraction of sp³-hybridized carbons (Fsp3) is 0.111. The highest BCUT2D eigenvalue weighted by molar-refractivity contribution is 5.50. The maximum atomic E-state index is 13.3. The van der Waals surface area contributed by atoms with Gasteiger partial charge in [0, 0.05) is 6.54 Å². The number of hydrogen-bond acceptors (Lipinski definition) is 3. The van der Waals surface area contributed by atoms with Crippen molar-refractivity contribution in [3.63, 3.8) is 0 Å². The molecule has 1 N–H and O–H groups in total. The lowest BCUT2D eigenvalue weighted by atomic mass is 10.1. The van der Waals surface area contributed by atoms with Gasteiger partial charge in [-0.2, -0.15) is 10.4 Å². The van der Waals surface area contributed by atoms with Crippen LogP contribution in [0.1, 0.15) is 16.8 Å². The van der Waals surface area contributed by atoms with Crippen LogP contribution in [-0.4, -0.2) is 9.78 Å². The lowest BCUT2D eigenvalue weighted by Crippen LogP contribution is -2.03. The molecule has 0 radical (unpaired) electrons. The molecule has 23 heavy (non-hydrogen) atoms. The van der Waals surface area contributed by atoms with Crippen LogP contribution in [0.3, 0.4) is 0 Å². The minimum absolute atomic E-state index is 0.0565. The van der Waals surface area contributed by atoms with Gasteiger partial charge >= 0.3 is 0 Å². The molecule has 5 heteroatoms. The molecule has 1 heterocycles. The van der Waals surface area contributed by atoms with Crippen LogP contribution in [0.5, 0.6) is 0 Å². The lowest BCUT2D eigenvalue weighted by Gasteiger charge is -2.08. The molecular weight excluding hydrogens is 291 g/mol. The fourth-order valence-electron chi connectivity index (χ4n) is 2.38. The predicted molar refractivity (Wildman–Crippen MR) is 86.7 cm³/mol. The summed E-state index contributed by atoms with van der Waals surface area (Å²) in [5, 5.41) is 16.5. The van der Waals surface area contributed by atoms with Gasteiger partial charge in [0.25, 0.3) is 0 Å². The highest BCUT2D eigenvalue weighted by Crippen LogP contribution is 2.19. The van der Waals surface area contributed by atoms with Crippen LogP contribution in [0.25, 0.3) is 5.69 Å². The lowest BCUT2D eigenvalue weighted by molar-refractivity contribution is 0.623. The first-order valence-electron chi connectivity index (χ1n) is 7.21. The van der Waals surface area contributed by atoms with Gasteiger partial charge in [-0.15, -0.1) is 0 Å². The first kappa shape index (κ1) is 14.8. The van der Waals surface area contributed by atoms with Crippen molar-refractivity contribution in [2.24, 2.45) is 0 Å². The number of nitrogens with zero attached hydrogens (tertiary/aromatic N) is 3. The maximum absolute atomic E-state index is 13.3. The Bertz CT molecular complexity index is 862. The average molecular weight is 306 g/mol. The minimum Gasteiger partial charge on any atom is -0.378 e. The zero-order valence-corrected chi connectivity index (χ0v) is 12.6. The van der Waals surface area contributed by atoms with Crippen molar-refractivity contribution in [2.45, 2.75) is 13.5 Å². The Balaban J connectivity index is 1.77. The van der Waals surface area contributed by atoms with Gasteiger partial charge in [0.1, 0.15) is 11.9 Å². The first-order chi connectivity index (χ1) is 11.2. The molecule has 3 rings (SSSR count). The molecule has 0 aliphatic rings. The van der Waals surface area contributed by atoms with Gasteiger partial charge in [-0.3, -0.25) is 0 Å². The van der Waals surface area contributed by atoms with Gasteiger partial charge in [-0.05, 0) is 36.8 Å². The van der Waals surface area contributed by atoms with Gasteiger partial charge in [-0.25, -0.2) is 9.07 Å². The summed E-state index contributed by atoms with van der Waals surface area (Å²) in [5.41, 5.74) is 3.78. The maximum Gasteiger partial charge on any atom is 0.140 e. The Morgan fingerprint density at radius 2 is 2.00 bits per heavy atom. The number of aromatic nitrogens is 2. The Labute approximate surface area is 133 Å². The van der Waals surface area contributed by atoms with E-state index in [4.69, 9.17) is 5.26 Å². The van der Waals surface area contributed by atoms with E-state index in [1.54, 1.807) is 18.3 Å². The third-order valence-corrected chi connectivity index (χ3v) is 3.64. The van der Waals surface area contributed by atoms with Crippen LogP contribution in [0.2, 0.25) is 0 Å². The molecule has 0 saturated heterocycles. The van der Waals surface area contributed by atoms with Crippen LogP contribution in [0.4, 0.5) is 10.1 Å². The third-order valence-electron chi connectivity index (χ3n) is 3.64. The number of nitriles is 1. The first-order valence-corrected chi connectivity index (χ1v) is 7.21. The second-order valence-corrected chi connectivity index (χ2v) is 5.17. The van der Waals surface area contributed by atoms with Crippen molar-refractivity contribution in [3.05, 3.63) is 77.4 Å². The van der Waals surface area contributed by atoms with Gasteiger partial charge in [0.15, 0.2) is 0 Å². The van der Waals surface area contributed by atoms with Crippen LogP contribution in [0.15, 0.2) is 54.7 Å². The van der Waals surface area contributed by atoms with Crippen LogP contribution >= 0.6 is 0 Å². The average Bonchev–Trinajstić information content (AvgIpc) is 2.95. The van der Waals surface area contributed by atoms with E-state index >= 15 is 0 Å². The summed E-state index contributed by atoms with van der Waals surface area (Å²) in [4.78, 5) is 0. The van der Waals surface area contributed by atoms with E-state index in [-0.39, 0.29) is 5.56 Å². The fourth-order valence-corrected chi connectivity index (χ4v) is 2.38. The van der Waals surface area contributed by atoms with Crippen molar-refractivity contribution < 1.29 is 4.39 Å². The van der Waals surface area contributed by atoms with E-state index in [1.165, 1.54) is 6.07 Å². The molecule has 4 nitrogen and oxygen atoms in total. The van der Waals surface area contributed by atoms with E-state index in [0.29, 0.717) is 6.54 Å². The van der Waals surface area contributed by atoms with Gasteiger partial charge < -0.3 is 5.32 Å². The number of nitrogens with one attached hydrogen (secondary N) is 1. The number of hydrogen-bond donors (Lipinski definition) is 1. The molecule has 2 aromatic carbocycles. The van der Waals surface area contributed by atoms with Gasteiger partial charge in [0.05, 0.1) is 28.8 Å². The summed E-state index contributed by atoms with van der Waals surface area (Å²) in [6, 6.07) is 16.3. The molecule has 0 atom stereocenters. The molecule has 0 amide bonds. The second kappa shape index (κ2) is 6.32. The molecule has 1 aromatic heterocycles. The SMILES string of the molecule is Cc1c(NCc2ccc(F)c(C#N)c2)cnn1-c1ccccc1. The molecule has 0 aliphatic carbocycles. The Hall–Kier alpha value is -3.13. The van der Waals surface area contributed by atoms with E-state index in [9.17, 15) is 4.39 Å². The number of benzene rings is 2. The smallest absolute Gasteiger partial charge is 0.140 e. The summed E-state index contributed by atoms with van der Waals surface area (Å²) >= 11 is 0. The topological polar surface area (TPSA) is 53.6 Å². The number of para-hydroxylation sites is 1. The molecule has 0 saturated carbocycles. The molecular formula is C18H15FN4. The van der Waals surface area contributed by atoms with Crippen molar-refractivity contribution in [1.82, 2.24) is 9.78 Å². The van der Waals surface area contributed by atoms with Crippen molar-refractivity contribution in [2.75, 3.05) is 5.32 Å². The molecule has 0 bridgehead atoms. The van der Waals surface area contributed by atoms with Gasteiger partial charge in [-0.1, -0.05) is 24.3 Å². The number of rotatable bonds is 4. The Morgan fingerprint density at radius 3 is 2.74 bits per heavy atom. The molecule has 3 aromatic rings. The monoisotopic (exact) mass is 306 g/mol. The quantitative estimate of drug-likeness (QED) is 0.797. The van der Waals surface area contributed by atoms with E-state index < -0.39 is 5.82 Å². The minimum atomic E-state index is -0.496. The van der Waals surface area contributed by atoms with E-state index in [1.807, 2.05) is 48.0 Å². The van der Waals surface area contributed by atoms with Crippen molar-refractivity contribution in [3.8, 4) is 11.8 Å². The standard InChI is InChI=1S/C18H15FN4/c1-13-18(12-22-23(13)16-5-3-2-4-6-16)21-11-14-7-8-17(19)15(9-14)10-20/h2-9,12,21H,11H2,1H3. The predicted octanol–water partition coefficient (Wildman–Crippen LogP) is 3.80. The molecule has 114 valence electrons. The zero-order valence-electron chi connectivity index (χ0n) is 12.6. The van der Waals surface area contributed by atoms with E-state index in [2.05, 4.69) is 10.4 Å². The van der Waals surface area contributed by atoms with Gasteiger partial charge in [0.2, 0.25) is 0 Å². The third kappa shape index (κ3) is 3.06. The second-order valence-electron chi connectivity index (χ2n) is 5.17. The van der Waals surface area contributed by atoms with Crippen LogP contribution in [-0.2, 0) is 6.54 Å². The molecule has 0 aliphatic heterocycles. The highest BCUT2D eigenvalue weighted by Gasteiger charge is 2.08. The molecule has 0 fully saturated rings. The summed E-state index contributed by atoms with van der Waals surface area (Å²) in [7, 11) is 0. The Morgan fingerprint density at radius 1 is 1.22 bits per heavy atom. The summed E-state index contributed by atoms with van der Waals surface area (Å²) < 4.78 is 15.2. The largest absolute Gasteiger partial charge is 0.378 e. The summed E-state index contributed by atoms with van der Waals surface area (Å²) in [5.74, 6) is -0.496. The van der Waals surface area contributed by atoms with Crippen LogP contribution in [0, 0.1) is 24.1 Å². The zero-order chi connectivity index (χ0) is 16.2. The summed E-state index contributed by atoms with van der Waals surface area (Å²) in [6.45, 7) is 2.48. The Kier molecular flexibility index (Phi) is 4.07.